The molecule has 0 aliphatic rings. The molecule has 1 heterocycles. The van der Waals surface area contributed by atoms with Gasteiger partial charge in [-0.1, -0.05) is 24.3 Å². The van der Waals surface area contributed by atoms with Crippen molar-refractivity contribution in [3.63, 3.8) is 0 Å². The third-order valence-corrected chi connectivity index (χ3v) is 4.03. The fraction of sp³-hybridized carbons (Fsp3) is 0.105. The van der Waals surface area contributed by atoms with E-state index in [1.807, 2.05) is 6.07 Å². The molecule has 0 aliphatic carbocycles. The molecule has 1 aromatic heterocycles. The van der Waals surface area contributed by atoms with Crippen molar-refractivity contribution in [2.24, 2.45) is 0 Å². The van der Waals surface area contributed by atoms with Crippen molar-refractivity contribution in [1.82, 2.24) is 10.3 Å². The zero-order valence-electron chi connectivity index (χ0n) is 13.4. The molecular weight excluding hydrogens is 320 g/mol. The van der Waals surface area contributed by atoms with E-state index in [0.717, 1.165) is 10.8 Å². The molecule has 126 valence electrons. The summed E-state index contributed by atoms with van der Waals surface area (Å²) in [7, 11) is 0. The summed E-state index contributed by atoms with van der Waals surface area (Å²) in [6.45, 7) is 1.65. The lowest BCUT2D eigenvalue weighted by molar-refractivity contribution is 0.103. The van der Waals surface area contributed by atoms with Crippen LogP contribution in [0.4, 0.5) is 4.79 Å². The summed E-state index contributed by atoms with van der Waals surface area (Å²) in [6, 6.07) is 11.1. The molecule has 25 heavy (non-hydrogen) atoms. The third kappa shape index (κ3) is 3.28. The molecule has 6 nitrogen and oxygen atoms in total. The molecule has 0 saturated heterocycles. The first kappa shape index (κ1) is 16.4. The van der Waals surface area contributed by atoms with Crippen LogP contribution >= 0.6 is 0 Å². The smallest absolute Gasteiger partial charge is 0.405 e. The van der Waals surface area contributed by atoms with Crippen LogP contribution in [-0.2, 0) is 0 Å². The van der Waals surface area contributed by atoms with Gasteiger partial charge in [0, 0.05) is 23.3 Å². The van der Waals surface area contributed by atoms with Gasteiger partial charge >= 0.3 is 6.09 Å². The molecule has 3 rings (SSSR count). The van der Waals surface area contributed by atoms with Gasteiger partial charge in [0.25, 0.3) is 0 Å². The summed E-state index contributed by atoms with van der Waals surface area (Å²) in [6.07, 6.45) is 2.13. The maximum absolute atomic E-state index is 12.8. The van der Waals surface area contributed by atoms with E-state index in [2.05, 4.69) is 10.3 Å². The Labute approximate surface area is 143 Å². The van der Waals surface area contributed by atoms with Crippen LogP contribution < -0.4 is 5.32 Å². The number of fused-ring (bicyclic) bond motifs is 1. The van der Waals surface area contributed by atoms with Gasteiger partial charge in [-0.05, 0) is 36.1 Å². The monoisotopic (exact) mass is 336 g/mol. The Kier molecular flexibility index (Phi) is 4.35. The van der Waals surface area contributed by atoms with Crippen LogP contribution in [0.1, 0.15) is 34.5 Å². The minimum absolute atomic E-state index is 0.163. The van der Waals surface area contributed by atoms with E-state index in [0.29, 0.717) is 11.1 Å². The number of benzene rings is 2. The van der Waals surface area contributed by atoms with Gasteiger partial charge in [-0.2, -0.15) is 0 Å². The van der Waals surface area contributed by atoms with Crippen LogP contribution in [0.3, 0.4) is 0 Å². The van der Waals surface area contributed by atoms with Gasteiger partial charge < -0.3 is 15.5 Å². The molecule has 3 aromatic rings. The third-order valence-electron chi connectivity index (χ3n) is 4.03. The zero-order valence-corrected chi connectivity index (χ0v) is 13.4. The molecule has 0 radical (unpaired) electrons. The second-order valence-electron chi connectivity index (χ2n) is 5.68. The number of phenols is 1. The van der Waals surface area contributed by atoms with E-state index in [1.165, 1.54) is 12.1 Å². The summed E-state index contributed by atoms with van der Waals surface area (Å²) in [4.78, 5) is 27.6. The number of carbonyl (C=O) groups is 2. The number of rotatable bonds is 4. The maximum atomic E-state index is 12.8. The number of nitrogens with zero attached hydrogens (tertiary/aromatic N) is 1. The van der Waals surface area contributed by atoms with Gasteiger partial charge in [-0.15, -0.1) is 0 Å². The van der Waals surface area contributed by atoms with Crippen molar-refractivity contribution >= 4 is 22.6 Å². The zero-order chi connectivity index (χ0) is 18.0. The first-order chi connectivity index (χ1) is 12.0. The fourth-order valence-corrected chi connectivity index (χ4v) is 2.74. The van der Waals surface area contributed by atoms with E-state index < -0.39 is 12.1 Å². The van der Waals surface area contributed by atoms with Crippen LogP contribution in [0.2, 0.25) is 0 Å². The number of ketones is 1. The van der Waals surface area contributed by atoms with E-state index in [1.54, 1.807) is 43.6 Å². The number of hydrogen-bond donors (Lipinski definition) is 3. The van der Waals surface area contributed by atoms with Gasteiger partial charge in [-0.3, -0.25) is 9.78 Å². The standard InChI is InChI=1S/C19H16N2O4/c1-11(21-19(24)25)12-5-6-16(17(22)9-12)18(23)15-4-2-3-13-10-20-8-7-14(13)15/h2-11,21-22H,1H3,(H,24,25). The molecule has 0 bridgehead atoms. The molecule has 0 saturated carbocycles. The van der Waals surface area contributed by atoms with Gasteiger partial charge in [0.15, 0.2) is 5.78 Å². The number of phenolic OH excluding ortho intramolecular Hbond substituents is 1. The van der Waals surface area contributed by atoms with E-state index in [-0.39, 0.29) is 17.1 Å². The molecule has 2 aromatic carbocycles. The van der Waals surface area contributed by atoms with Crippen molar-refractivity contribution in [3.05, 3.63) is 71.5 Å². The molecule has 0 aliphatic heterocycles. The van der Waals surface area contributed by atoms with Crippen LogP contribution in [0.15, 0.2) is 54.9 Å². The highest BCUT2D eigenvalue weighted by atomic mass is 16.4. The first-order valence-electron chi connectivity index (χ1n) is 7.67. The van der Waals surface area contributed by atoms with Crippen LogP contribution in [0.5, 0.6) is 5.75 Å². The number of carboxylic acid groups (broad SMARTS) is 1. The molecule has 1 unspecified atom stereocenters. The Balaban J connectivity index is 1.98. The average Bonchev–Trinajstić information content (AvgIpc) is 2.60. The van der Waals surface area contributed by atoms with Crippen molar-refractivity contribution in [3.8, 4) is 5.75 Å². The molecule has 1 amide bonds. The Hall–Kier alpha value is -3.41. The normalized spacial score (nSPS) is 11.9. The minimum atomic E-state index is -1.16. The maximum Gasteiger partial charge on any atom is 0.405 e. The SMILES string of the molecule is CC(NC(=O)O)c1ccc(C(=O)c2cccc3cnccc23)c(O)c1. The number of pyridine rings is 1. The minimum Gasteiger partial charge on any atom is -0.507 e. The van der Waals surface area contributed by atoms with Crippen LogP contribution in [0.25, 0.3) is 10.8 Å². The molecule has 1 atom stereocenters. The highest BCUT2D eigenvalue weighted by Crippen LogP contribution is 2.27. The van der Waals surface area contributed by atoms with E-state index >= 15 is 0 Å². The predicted octanol–water partition coefficient (Wildman–Crippen LogP) is 3.50. The van der Waals surface area contributed by atoms with Crippen molar-refractivity contribution < 1.29 is 19.8 Å². The molecule has 3 N–H and O–H groups in total. The number of amides is 1. The average molecular weight is 336 g/mol. The second kappa shape index (κ2) is 6.60. The van der Waals surface area contributed by atoms with Crippen molar-refractivity contribution in [2.45, 2.75) is 13.0 Å². The highest BCUT2D eigenvalue weighted by molar-refractivity contribution is 6.17. The Morgan fingerprint density at radius 2 is 1.92 bits per heavy atom. The highest BCUT2D eigenvalue weighted by Gasteiger charge is 2.18. The van der Waals surface area contributed by atoms with E-state index in [4.69, 9.17) is 5.11 Å². The van der Waals surface area contributed by atoms with Crippen LogP contribution in [0, 0.1) is 0 Å². The summed E-state index contributed by atoms with van der Waals surface area (Å²) in [5.74, 6) is -0.493. The molecule has 0 fully saturated rings. The van der Waals surface area contributed by atoms with Crippen molar-refractivity contribution in [1.29, 1.82) is 0 Å². The number of nitrogens with one attached hydrogen (secondary N) is 1. The molecule has 0 spiro atoms. The predicted molar refractivity (Wildman–Crippen MR) is 92.9 cm³/mol. The van der Waals surface area contributed by atoms with E-state index in [9.17, 15) is 14.7 Å². The second-order valence-corrected chi connectivity index (χ2v) is 5.68. The van der Waals surface area contributed by atoms with Gasteiger partial charge in [0.2, 0.25) is 0 Å². The quantitative estimate of drug-likeness (QED) is 0.633. The molecular formula is C19H16N2O4. The molecule has 6 heteroatoms. The summed E-state index contributed by atoms with van der Waals surface area (Å²) in [5, 5.41) is 22.9. The lowest BCUT2D eigenvalue weighted by Crippen LogP contribution is -2.24. The summed E-state index contributed by atoms with van der Waals surface area (Å²) >= 11 is 0. The van der Waals surface area contributed by atoms with Crippen molar-refractivity contribution in [2.75, 3.05) is 0 Å². The van der Waals surface area contributed by atoms with Gasteiger partial charge in [0.05, 0.1) is 11.6 Å². The number of carbonyl (C=O) groups excluding carboxylic acids is 1. The summed E-state index contributed by atoms with van der Waals surface area (Å²) in [5.41, 5.74) is 1.20. The Morgan fingerprint density at radius 1 is 1.12 bits per heavy atom. The number of aromatic nitrogens is 1. The Bertz CT molecular complexity index is 963. The topological polar surface area (TPSA) is 99.5 Å². The summed E-state index contributed by atoms with van der Waals surface area (Å²) < 4.78 is 0. The largest absolute Gasteiger partial charge is 0.507 e. The van der Waals surface area contributed by atoms with Crippen LogP contribution in [-0.4, -0.2) is 27.1 Å². The Morgan fingerprint density at radius 3 is 2.64 bits per heavy atom. The van der Waals surface area contributed by atoms with Gasteiger partial charge in [-0.25, -0.2) is 4.79 Å². The fourth-order valence-electron chi connectivity index (χ4n) is 2.74. The van der Waals surface area contributed by atoms with Gasteiger partial charge in [0.1, 0.15) is 5.75 Å². The number of hydrogen-bond acceptors (Lipinski definition) is 4. The number of aromatic hydroxyl groups is 1. The first-order valence-corrected chi connectivity index (χ1v) is 7.67. The lowest BCUT2D eigenvalue weighted by Gasteiger charge is -2.14. The lowest BCUT2D eigenvalue weighted by atomic mass is 9.96.